The summed E-state index contributed by atoms with van der Waals surface area (Å²) < 4.78 is 3.20. The summed E-state index contributed by atoms with van der Waals surface area (Å²) in [7, 11) is 3.56. The molecule has 0 saturated carbocycles. The van der Waals surface area contributed by atoms with Crippen LogP contribution in [0.1, 0.15) is 42.8 Å². The summed E-state index contributed by atoms with van der Waals surface area (Å²) >= 11 is 6.22. The normalized spacial score (nSPS) is 13.2. The first-order valence-electron chi connectivity index (χ1n) is 6.15. The average molecular weight is 284 g/mol. The fourth-order valence-electron chi connectivity index (χ4n) is 2.06. The molecule has 0 aromatic carbocycles. The highest BCUT2D eigenvalue weighted by Gasteiger charge is 2.24. The molecule has 0 bridgehead atoms. The lowest BCUT2D eigenvalue weighted by molar-refractivity contribution is 0.176. The second kappa shape index (κ2) is 5.30. The summed E-state index contributed by atoms with van der Waals surface area (Å²) in [5, 5.41) is 23.1. The van der Waals surface area contributed by atoms with Crippen molar-refractivity contribution in [1.29, 1.82) is 0 Å². The Hall–Kier alpha value is -1.40. The molecular formula is C12H18ClN5O. The minimum absolute atomic E-state index is 0.199. The van der Waals surface area contributed by atoms with Crippen LogP contribution in [0.4, 0.5) is 0 Å². The highest BCUT2D eigenvalue weighted by atomic mass is 35.5. The van der Waals surface area contributed by atoms with E-state index in [0.29, 0.717) is 17.1 Å². The van der Waals surface area contributed by atoms with Crippen molar-refractivity contribution in [2.45, 2.75) is 32.3 Å². The molecule has 0 spiro atoms. The molecule has 7 heteroatoms. The lowest BCUT2D eigenvalue weighted by Crippen LogP contribution is -2.06. The number of rotatable bonds is 4. The molecule has 0 aliphatic carbocycles. The van der Waals surface area contributed by atoms with Crippen LogP contribution in [0.2, 0.25) is 5.15 Å². The van der Waals surface area contributed by atoms with Crippen molar-refractivity contribution in [3.8, 4) is 0 Å². The number of aliphatic hydroxyl groups is 1. The highest BCUT2D eigenvalue weighted by molar-refractivity contribution is 6.30. The molecule has 0 aliphatic rings. The maximum absolute atomic E-state index is 10.4. The Labute approximate surface area is 117 Å². The van der Waals surface area contributed by atoms with Gasteiger partial charge in [0.25, 0.3) is 0 Å². The maximum atomic E-state index is 10.4. The molecule has 1 N–H and O–H groups in total. The van der Waals surface area contributed by atoms with Crippen molar-refractivity contribution < 1.29 is 5.11 Å². The van der Waals surface area contributed by atoms with E-state index in [0.717, 1.165) is 11.4 Å². The van der Waals surface area contributed by atoms with Gasteiger partial charge in [-0.2, -0.15) is 5.10 Å². The summed E-state index contributed by atoms with van der Waals surface area (Å²) in [6, 6.07) is 0. The zero-order chi connectivity index (χ0) is 14.2. The second-order valence-corrected chi connectivity index (χ2v) is 5.33. The Bertz CT molecular complexity index is 575. The third kappa shape index (κ3) is 2.79. The molecule has 0 radical (unpaired) electrons. The summed E-state index contributed by atoms with van der Waals surface area (Å²) in [5.41, 5.74) is 2.23. The molecule has 1 atom stereocenters. The molecule has 0 saturated heterocycles. The number of hydrogen-bond donors (Lipinski definition) is 1. The predicted molar refractivity (Wildman–Crippen MR) is 72.0 cm³/mol. The Morgan fingerprint density at radius 3 is 2.58 bits per heavy atom. The van der Waals surface area contributed by atoms with E-state index in [9.17, 15) is 5.11 Å². The van der Waals surface area contributed by atoms with Crippen molar-refractivity contribution in [3.05, 3.63) is 28.3 Å². The van der Waals surface area contributed by atoms with Crippen LogP contribution in [0.25, 0.3) is 0 Å². The fraction of sp³-hybridized carbons (Fsp3) is 0.583. The molecule has 0 aliphatic heterocycles. The van der Waals surface area contributed by atoms with Gasteiger partial charge < -0.3 is 5.11 Å². The summed E-state index contributed by atoms with van der Waals surface area (Å²) in [6.07, 6.45) is 1.43. The van der Waals surface area contributed by atoms with Gasteiger partial charge in [0, 0.05) is 32.3 Å². The van der Waals surface area contributed by atoms with Crippen LogP contribution in [0.15, 0.2) is 6.20 Å². The Balaban J connectivity index is 2.30. The lowest BCUT2D eigenvalue weighted by Gasteiger charge is -2.11. The average Bonchev–Trinajstić information content (AvgIpc) is 2.84. The van der Waals surface area contributed by atoms with Crippen molar-refractivity contribution in [3.63, 3.8) is 0 Å². The van der Waals surface area contributed by atoms with E-state index in [1.165, 1.54) is 0 Å². The van der Waals surface area contributed by atoms with E-state index in [-0.39, 0.29) is 5.92 Å². The monoisotopic (exact) mass is 283 g/mol. The van der Waals surface area contributed by atoms with Gasteiger partial charge in [-0.05, 0) is 5.92 Å². The molecule has 19 heavy (non-hydrogen) atoms. The predicted octanol–water partition coefficient (Wildman–Crippen LogP) is 1.60. The SMILES string of the molecule is CC(C)c1nn(C)c(Cl)c1C(O)Cc1cn(C)nn1. The van der Waals surface area contributed by atoms with Crippen molar-refractivity contribution in [2.24, 2.45) is 14.1 Å². The molecule has 1 unspecified atom stereocenters. The van der Waals surface area contributed by atoms with E-state index < -0.39 is 6.10 Å². The van der Waals surface area contributed by atoms with Gasteiger partial charge in [0.2, 0.25) is 0 Å². The first-order chi connectivity index (χ1) is 8.90. The van der Waals surface area contributed by atoms with Gasteiger partial charge in [0.1, 0.15) is 5.15 Å². The summed E-state index contributed by atoms with van der Waals surface area (Å²) in [5.74, 6) is 0.199. The number of hydrogen-bond acceptors (Lipinski definition) is 4. The van der Waals surface area contributed by atoms with E-state index in [4.69, 9.17) is 11.6 Å². The van der Waals surface area contributed by atoms with Crippen molar-refractivity contribution >= 4 is 11.6 Å². The zero-order valence-corrected chi connectivity index (χ0v) is 12.3. The van der Waals surface area contributed by atoms with Gasteiger partial charge in [-0.1, -0.05) is 30.7 Å². The smallest absolute Gasteiger partial charge is 0.132 e. The maximum Gasteiger partial charge on any atom is 0.132 e. The molecule has 6 nitrogen and oxygen atoms in total. The third-order valence-electron chi connectivity index (χ3n) is 2.97. The van der Waals surface area contributed by atoms with E-state index in [2.05, 4.69) is 15.4 Å². The number of aryl methyl sites for hydroxylation is 2. The van der Waals surface area contributed by atoms with Crippen LogP contribution in [-0.4, -0.2) is 29.9 Å². The minimum atomic E-state index is -0.727. The van der Waals surface area contributed by atoms with E-state index in [1.807, 2.05) is 13.8 Å². The minimum Gasteiger partial charge on any atom is -0.388 e. The lowest BCUT2D eigenvalue weighted by atomic mass is 10.00. The van der Waals surface area contributed by atoms with Crippen LogP contribution in [0.5, 0.6) is 0 Å². The largest absolute Gasteiger partial charge is 0.388 e. The van der Waals surface area contributed by atoms with Gasteiger partial charge in [-0.25, -0.2) is 0 Å². The van der Waals surface area contributed by atoms with Gasteiger partial charge in [-0.15, -0.1) is 5.10 Å². The molecule has 0 fully saturated rings. The molecule has 2 rings (SSSR count). The zero-order valence-electron chi connectivity index (χ0n) is 11.5. The molecule has 2 aromatic rings. The number of aliphatic hydroxyl groups excluding tert-OH is 1. The molecular weight excluding hydrogens is 266 g/mol. The Morgan fingerprint density at radius 2 is 2.05 bits per heavy atom. The second-order valence-electron chi connectivity index (χ2n) is 4.97. The van der Waals surface area contributed by atoms with Crippen LogP contribution in [0.3, 0.4) is 0 Å². The molecule has 2 heterocycles. The van der Waals surface area contributed by atoms with Crippen LogP contribution < -0.4 is 0 Å². The quantitative estimate of drug-likeness (QED) is 0.925. The van der Waals surface area contributed by atoms with Gasteiger partial charge in [0.15, 0.2) is 0 Å². The summed E-state index contributed by atoms with van der Waals surface area (Å²) in [6.45, 7) is 4.05. The van der Waals surface area contributed by atoms with Crippen LogP contribution >= 0.6 is 11.6 Å². The van der Waals surface area contributed by atoms with Crippen molar-refractivity contribution in [2.75, 3.05) is 0 Å². The Kier molecular flexibility index (Phi) is 3.91. The summed E-state index contributed by atoms with van der Waals surface area (Å²) in [4.78, 5) is 0. The van der Waals surface area contributed by atoms with Gasteiger partial charge in [0.05, 0.1) is 17.5 Å². The van der Waals surface area contributed by atoms with Crippen molar-refractivity contribution in [1.82, 2.24) is 24.8 Å². The van der Waals surface area contributed by atoms with Crippen LogP contribution in [-0.2, 0) is 20.5 Å². The molecule has 104 valence electrons. The first-order valence-corrected chi connectivity index (χ1v) is 6.53. The topological polar surface area (TPSA) is 68.8 Å². The van der Waals surface area contributed by atoms with Gasteiger partial charge in [-0.3, -0.25) is 9.36 Å². The van der Waals surface area contributed by atoms with Crippen LogP contribution in [0, 0.1) is 0 Å². The number of halogens is 1. The highest BCUT2D eigenvalue weighted by Crippen LogP contribution is 2.32. The number of nitrogens with zero attached hydrogens (tertiary/aromatic N) is 5. The van der Waals surface area contributed by atoms with Gasteiger partial charge >= 0.3 is 0 Å². The van der Waals surface area contributed by atoms with E-state index in [1.54, 1.807) is 29.7 Å². The Morgan fingerprint density at radius 1 is 1.37 bits per heavy atom. The molecule has 2 aromatic heterocycles. The standard InChI is InChI=1S/C12H18ClN5O/c1-7(2)11-10(12(13)18(4)15-11)9(19)5-8-6-17(3)16-14-8/h6-7,9,19H,5H2,1-4H3. The van der Waals surface area contributed by atoms with E-state index >= 15 is 0 Å². The molecule has 0 amide bonds. The fourth-order valence-corrected chi connectivity index (χ4v) is 2.32. The number of aromatic nitrogens is 5. The third-order valence-corrected chi connectivity index (χ3v) is 3.42. The first kappa shape index (κ1) is 14.0.